The van der Waals surface area contributed by atoms with Gasteiger partial charge >= 0.3 is 0 Å². The Morgan fingerprint density at radius 3 is 1.63 bits per heavy atom. The van der Waals surface area contributed by atoms with E-state index < -0.39 is 0 Å². The van der Waals surface area contributed by atoms with Crippen molar-refractivity contribution in [3.8, 4) is 22.6 Å². The van der Waals surface area contributed by atoms with Crippen molar-refractivity contribution < 1.29 is 9.26 Å². The summed E-state index contributed by atoms with van der Waals surface area (Å²) in [6, 6.07) is 25.1. The molecule has 0 saturated carbocycles. The van der Waals surface area contributed by atoms with Gasteiger partial charge in [-0.25, -0.2) is 0 Å². The smallest absolute Gasteiger partial charge is 0.131 e. The molecule has 27 heavy (non-hydrogen) atoms. The molecule has 0 bridgehead atoms. The molecule has 4 aromatic rings. The lowest BCUT2D eigenvalue weighted by atomic mass is 9.92. The fraction of sp³-hybridized carbons (Fsp3) is 0.167. The molecule has 0 aromatic heterocycles. The van der Waals surface area contributed by atoms with Crippen molar-refractivity contribution in [2.45, 2.75) is 26.4 Å². The summed E-state index contributed by atoms with van der Waals surface area (Å²) in [4.78, 5) is 0. The maximum absolute atomic E-state index is 6.38. The van der Waals surface area contributed by atoms with E-state index >= 15 is 0 Å². The molecule has 0 saturated heterocycles. The Morgan fingerprint density at radius 2 is 1.11 bits per heavy atom. The monoisotopic (exact) mass is 374 g/mol. The van der Waals surface area contributed by atoms with E-state index in [0.29, 0.717) is 0 Å². The summed E-state index contributed by atoms with van der Waals surface area (Å²) in [5.41, 5.74) is 1.82. The van der Waals surface area contributed by atoms with Crippen LogP contribution < -0.4 is 9.26 Å². The van der Waals surface area contributed by atoms with Crippen LogP contribution in [0.2, 0.25) is 0 Å². The molecule has 2 nitrogen and oxygen atoms in total. The van der Waals surface area contributed by atoms with Crippen molar-refractivity contribution in [2.24, 2.45) is 0 Å². The van der Waals surface area contributed by atoms with Crippen LogP contribution in [-0.4, -0.2) is 5.60 Å². The molecule has 0 N–H and O–H groups in total. The van der Waals surface area contributed by atoms with Crippen LogP contribution in [0.4, 0.5) is 0 Å². The normalized spacial score (nSPS) is 11.7. The van der Waals surface area contributed by atoms with Crippen LogP contribution in [-0.2, 0) is 0 Å². The van der Waals surface area contributed by atoms with Crippen molar-refractivity contribution in [1.29, 1.82) is 0 Å². The quantitative estimate of drug-likeness (QED) is 0.359. The predicted molar refractivity (Wildman–Crippen MR) is 118 cm³/mol. The molecule has 0 amide bonds. The van der Waals surface area contributed by atoms with Crippen LogP contribution >= 0.6 is 9.47 Å². The number of fused-ring (bicyclic) bond motifs is 2. The first kappa shape index (κ1) is 17.8. The minimum atomic E-state index is -0.302. The summed E-state index contributed by atoms with van der Waals surface area (Å²) in [5, 5.41) is 4.65. The zero-order valence-corrected chi connectivity index (χ0v) is 17.0. The SMILES string of the molecule is CC(C)(C)Oc1ccc2ccccc2c1-c1c(OP)ccc2ccccc12. The lowest BCUT2D eigenvalue weighted by molar-refractivity contribution is 0.132. The third-order valence-corrected chi connectivity index (χ3v) is 4.83. The Hall–Kier alpha value is -2.57. The highest BCUT2D eigenvalue weighted by atomic mass is 31.0. The fourth-order valence-electron chi connectivity index (χ4n) is 3.53. The second-order valence-electron chi connectivity index (χ2n) is 7.65. The molecule has 1 atom stereocenters. The van der Waals surface area contributed by atoms with Gasteiger partial charge in [0.2, 0.25) is 0 Å². The molecule has 0 aliphatic rings. The average Bonchev–Trinajstić information content (AvgIpc) is 2.66. The van der Waals surface area contributed by atoms with Gasteiger partial charge in [0, 0.05) is 11.1 Å². The van der Waals surface area contributed by atoms with E-state index in [4.69, 9.17) is 9.26 Å². The van der Waals surface area contributed by atoms with Crippen LogP contribution in [0.15, 0.2) is 72.8 Å². The topological polar surface area (TPSA) is 18.5 Å². The molecule has 0 radical (unpaired) electrons. The Kier molecular flexibility index (Phi) is 4.53. The maximum atomic E-state index is 6.38. The maximum Gasteiger partial charge on any atom is 0.131 e. The van der Waals surface area contributed by atoms with Crippen LogP contribution in [0.5, 0.6) is 11.5 Å². The second kappa shape index (κ2) is 6.87. The van der Waals surface area contributed by atoms with Gasteiger partial charge in [-0.3, -0.25) is 0 Å². The summed E-state index contributed by atoms with van der Waals surface area (Å²) in [6.45, 7) is 6.21. The van der Waals surface area contributed by atoms with Gasteiger partial charge in [-0.05, 0) is 54.4 Å². The first-order chi connectivity index (χ1) is 13.0. The summed E-state index contributed by atoms with van der Waals surface area (Å²) < 4.78 is 12.1. The lowest BCUT2D eigenvalue weighted by Crippen LogP contribution is -2.23. The van der Waals surface area contributed by atoms with Crippen LogP contribution in [0.25, 0.3) is 32.7 Å². The molecule has 0 fully saturated rings. The van der Waals surface area contributed by atoms with Crippen LogP contribution in [0, 0.1) is 0 Å². The molecular formula is C24H23O2P. The van der Waals surface area contributed by atoms with Gasteiger partial charge in [0.15, 0.2) is 0 Å². The molecule has 0 aliphatic heterocycles. The van der Waals surface area contributed by atoms with Crippen molar-refractivity contribution >= 4 is 31.0 Å². The minimum Gasteiger partial charge on any atom is -0.487 e. The summed E-state index contributed by atoms with van der Waals surface area (Å²) >= 11 is 0. The standard InChI is InChI=1S/C24H23O2P/c1-24(2,3)25-20-14-12-16-8-4-6-10-18(16)22(20)23-19-11-7-5-9-17(19)13-15-21(23)26-27/h4-15H,27H2,1-3H3. The first-order valence-electron chi connectivity index (χ1n) is 9.07. The number of ether oxygens (including phenoxy) is 1. The Labute approximate surface area is 162 Å². The third-order valence-electron chi connectivity index (χ3n) is 4.57. The molecule has 4 rings (SSSR count). The van der Waals surface area contributed by atoms with Gasteiger partial charge in [0.05, 0.1) is 9.47 Å². The van der Waals surface area contributed by atoms with E-state index in [-0.39, 0.29) is 5.60 Å². The third kappa shape index (κ3) is 3.38. The number of hydrogen-bond acceptors (Lipinski definition) is 2. The highest BCUT2D eigenvalue weighted by Gasteiger charge is 2.21. The molecule has 0 aliphatic carbocycles. The summed E-state index contributed by atoms with van der Waals surface area (Å²) in [6.07, 6.45) is 0. The molecule has 4 aromatic carbocycles. The molecule has 1 unspecified atom stereocenters. The van der Waals surface area contributed by atoms with E-state index in [1.165, 1.54) is 10.8 Å². The highest BCUT2D eigenvalue weighted by molar-refractivity contribution is 7.10. The lowest BCUT2D eigenvalue weighted by Gasteiger charge is -2.25. The fourth-order valence-corrected chi connectivity index (χ4v) is 3.73. The van der Waals surface area contributed by atoms with Crippen molar-refractivity contribution in [3.05, 3.63) is 72.8 Å². The van der Waals surface area contributed by atoms with Gasteiger partial charge in [-0.1, -0.05) is 60.7 Å². The number of hydrogen-bond donors (Lipinski definition) is 0. The number of benzene rings is 4. The van der Waals surface area contributed by atoms with E-state index in [0.717, 1.165) is 33.4 Å². The predicted octanol–water partition coefficient (Wildman–Crippen LogP) is 7.01. The average molecular weight is 374 g/mol. The van der Waals surface area contributed by atoms with Crippen molar-refractivity contribution in [3.63, 3.8) is 0 Å². The Morgan fingerprint density at radius 1 is 0.630 bits per heavy atom. The van der Waals surface area contributed by atoms with E-state index in [2.05, 4.69) is 97.0 Å². The van der Waals surface area contributed by atoms with Crippen molar-refractivity contribution in [1.82, 2.24) is 0 Å². The summed E-state index contributed by atoms with van der Waals surface area (Å²) in [7, 11) is 2.38. The summed E-state index contributed by atoms with van der Waals surface area (Å²) in [5.74, 6) is 1.68. The molecule has 136 valence electrons. The van der Waals surface area contributed by atoms with E-state index in [1.54, 1.807) is 0 Å². The van der Waals surface area contributed by atoms with E-state index in [1.807, 2.05) is 6.07 Å². The van der Waals surface area contributed by atoms with Gasteiger partial charge in [0.1, 0.15) is 17.1 Å². The molecule has 0 heterocycles. The Balaban J connectivity index is 2.15. The molecule has 3 heteroatoms. The van der Waals surface area contributed by atoms with Gasteiger partial charge in [-0.15, -0.1) is 0 Å². The van der Waals surface area contributed by atoms with Gasteiger partial charge in [-0.2, -0.15) is 0 Å². The van der Waals surface area contributed by atoms with Gasteiger partial charge in [0.25, 0.3) is 0 Å². The molecule has 0 spiro atoms. The second-order valence-corrected chi connectivity index (χ2v) is 7.89. The van der Waals surface area contributed by atoms with Crippen LogP contribution in [0.3, 0.4) is 0 Å². The first-order valence-corrected chi connectivity index (χ1v) is 9.55. The van der Waals surface area contributed by atoms with E-state index in [9.17, 15) is 0 Å². The molecular weight excluding hydrogens is 351 g/mol. The largest absolute Gasteiger partial charge is 0.487 e. The van der Waals surface area contributed by atoms with Gasteiger partial charge < -0.3 is 9.26 Å². The zero-order chi connectivity index (χ0) is 19.0. The highest BCUT2D eigenvalue weighted by Crippen LogP contribution is 2.46. The van der Waals surface area contributed by atoms with Crippen molar-refractivity contribution in [2.75, 3.05) is 0 Å². The number of rotatable bonds is 3. The minimum absolute atomic E-state index is 0.302. The van der Waals surface area contributed by atoms with Crippen LogP contribution in [0.1, 0.15) is 20.8 Å². The zero-order valence-electron chi connectivity index (χ0n) is 15.8. The Bertz CT molecular complexity index is 1130.